The minimum Gasteiger partial charge on any atom is -0.272 e. The van der Waals surface area contributed by atoms with Crippen LogP contribution in [-0.2, 0) is 0 Å². The molecule has 0 radical (unpaired) electrons. The molecular weight excluding hydrogens is 264 g/mol. The van der Waals surface area contributed by atoms with E-state index in [-0.39, 0.29) is 17.1 Å². The van der Waals surface area contributed by atoms with E-state index in [0.717, 1.165) is 18.2 Å². The Morgan fingerprint density at radius 3 is 2.65 bits per heavy atom. The van der Waals surface area contributed by atoms with Crippen LogP contribution >= 0.6 is 0 Å². The molecule has 20 heavy (non-hydrogen) atoms. The molecule has 1 aromatic carbocycles. The Morgan fingerprint density at radius 2 is 2.10 bits per heavy atom. The van der Waals surface area contributed by atoms with Crippen molar-refractivity contribution in [1.82, 2.24) is 0 Å². The zero-order valence-corrected chi connectivity index (χ0v) is 10.9. The molecule has 8 heteroatoms. The largest absolute Gasteiger partial charge is 0.301 e. The molecular formula is C12H14N4O4. The third kappa shape index (κ3) is 4.16. The first-order chi connectivity index (χ1) is 9.45. The van der Waals surface area contributed by atoms with Crippen LogP contribution in [0.1, 0.15) is 19.8 Å². The van der Waals surface area contributed by atoms with Gasteiger partial charge in [-0.25, -0.2) is 0 Å². The van der Waals surface area contributed by atoms with Crippen molar-refractivity contribution in [1.29, 1.82) is 0 Å². The van der Waals surface area contributed by atoms with Gasteiger partial charge in [0.25, 0.3) is 5.69 Å². The maximum Gasteiger partial charge on any atom is 0.301 e. The van der Waals surface area contributed by atoms with Crippen LogP contribution in [0.25, 0.3) is 0 Å². The number of rotatable bonds is 7. The molecule has 0 aromatic heterocycles. The quantitative estimate of drug-likeness (QED) is 0.356. The number of nitrogens with one attached hydrogen (secondary N) is 1. The molecule has 106 valence electrons. The van der Waals surface area contributed by atoms with Gasteiger partial charge in [-0.3, -0.25) is 25.7 Å². The smallest absolute Gasteiger partial charge is 0.272 e. The Labute approximate surface area is 115 Å². The maximum atomic E-state index is 10.9. The second-order valence-corrected chi connectivity index (χ2v) is 4.00. The van der Waals surface area contributed by atoms with E-state index in [1.54, 1.807) is 13.0 Å². The van der Waals surface area contributed by atoms with Crippen LogP contribution in [0.2, 0.25) is 0 Å². The molecule has 0 unspecified atom stereocenters. The molecule has 0 aliphatic rings. The Morgan fingerprint density at radius 1 is 1.40 bits per heavy atom. The Hall–Kier alpha value is -2.77. The number of benzene rings is 1. The summed E-state index contributed by atoms with van der Waals surface area (Å²) in [5.74, 6) is 0. The number of hydrazone groups is 1. The van der Waals surface area contributed by atoms with E-state index >= 15 is 0 Å². The molecule has 0 atom stereocenters. The molecule has 0 spiro atoms. The molecule has 0 fully saturated rings. The van der Waals surface area contributed by atoms with E-state index in [4.69, 9.17) is 0 Å². The van der Waals surface area contributed by atoms with E-state index in [1.807, 2.05) is 0 Å². The second-order valence-electron chi connectivity index (χ2n) is 4.00. The normalized spacial score (nSPS) is 10.9. The summed E-state index contributed by atoms with van der Waals surface area (Å²) >= 11 is 0. The Balaban J connectivity index is 2.97. The molecule has 0 saturated carbocycles. The number of allylic oxidation sites excluding steroid dienone is 1. The third-order valence-corrected chi connectivity index (χ3v) is 2.47. The van der Waals surface area contributed by atoms with E-state index in [1.165, 1.54) is 12.1 Å². The zero-order chi connectivity index (χ0) is 15.1. The summed E-state index contributed by atoms with van der Waals surface area (Å²) in [5.41, 5.74) is 2.69. The van der Waals surface area contributed by atoms with Gasteiger partial charge < -0.3 is 0 Å². The van der Waals surface area contributed by atoms with E-state index in [9.17, 15) is 20.2 Å². The third-order valence-electron chi connectivity index (χ3n) is 2.47. The molecule has 0 heterocycles. The average Bonchev–Trinajstić information content (AvgIpc) is 2.42. The van der Waals surface area contributed by atoms with Crippen LogP contribution in [0, 0.1) is 20.2 Å². The lowest BCUT2D eigenvalue weighted by molar-refractivity contribution is -0.393. The molecule has 0 bridgehead atoms. The van der Waals surface area contributed by atoms with Gasteiger partial charge in [0.1, 0.15) is 5.69 Å². The SMILES string of the molecule is C=CCC/C(C)=N\Nc1ccc([N+](=O)[O-])cc1[N+](=O)[O-]. The van der Waals surface area contributed by atoms with Gasteiger partial charge in [0.05, 0.1) is 15.9 Å². The molecule has 1 rings (SSSR count). The first-order valence-corrected chi connectivity index (χ1v) is 5.78. The highest BCUT2D eigenvalue weighted by molar-refractivity contribution is 5.83. The minimum absolute atomic E-state index is 0.110. The summed E-state index contributed by atoms with van der Waals surface area (Å²) in [7, 11) is 0. The molecule has 8 nitrogen and oxygen atoms in total. The van der Waals surface area contributed by atoms with Gasteiger partial charge in [0.2, 0.25) is 0 Å². The summed E-state index contributed by atoms with van der Waals surface area (Å²) in [6.45, 7) is 5.36. The number of nitrogens with zero attached hydrogens (tertiary/aromatic N) is 3. The molecule has 1 aromatic rings. The minimum atomic E-state index is -0.691. The van der Waals surface area contributed by atoms with Gasteiger partial charge in [0, 0.05) is 11.8 Å². The van der Waals surface area contributed by atoms with Crippen molar-refractivity contribution in [2.24, 2.45) is 5.10 Å². The number of nitro benzene ring substituents is 2. The first kappa shape index (κ1) is 15.3. The van der Waals surface area contributed by atoms with Crippen LogP contribution < -0.4 is 5.43 Å². The van der Waals surface area contributed by atoms with Crippen molar-refractivity contribution in [2.75, 3.05) is 5.43 Å². The predicted molar refractivity (Wildman–Crippen MR) is 75.9 cm³/mol. The fourth-order valence-electron chi connectivity index (χ4n) is 1.40. The van der Waals surface area contributed by atoms with Gasteiger partial charge in [-0.05, 0) is 25.8 Å². The number of anilines is 1. The van der Waals surface area contributed by atoms with Gasteiger partial charge in [-0.15, -0.1) is 6.58 Å². The molecule has 0 amide bonds. The molecule has 0 saturated heterocycles. The van der Waals surface area contributed by atoms with Gasteiger partial charge in [0.15, 0.2) is 0 Å². The zero-order valence-electron chi connectivity index (χ0n) is 10.9. The van der Waals surface area contributed by atoms with Crippen LogP contribution in [0.3, 0.4) is 0 Å². The average molecular weight is 278 g/mol. The lowest BCUT2D eigenvalue weighted by atomic mass is 10.2. The summed E-state index contributed by atoms with van der Waals surface area (Å²) in [5, 5.41) is 25.5. The van der Waals surface area contributed by atoms with Crippen molar-refractivity contribution in [3.63, 3.8) is 0 Å². The van der Waals surface area contributed by atoms with Crippen molar-refractivity contribution in [3.8, 4) is 0 Å². The highest BCUT2D eigenvalue weighted by Gasteiger charge is 2.19. The first-order valence-electron chi connectivity index (χ1n) is 5.78. The second kappa shape index (κ2) is 6.98. The van der Waals surface area contributed by atoms with Crippen molar-refractivity contribution >= 4 is 22.8 Å². The Bertz CT molecular complexity index is 569. The van der Waals surface area contributed by atoms with Crippen LogP contribution in [0.5, 0.6) is 0 Å². The number of hydrogen-bond acceptors (Lipinski definition) is 6. The predicted octanol–water partition coefficient (Wildman–Crippen LogP) is 3.26. The fraction of sp³-hybridized carbons (Fsp3) is 0.250. The maximum absolute atomic E-state index is 10.9. The van der Waals surface area contributed by atoms with Gasteiger partial charge in [-0.2, -0.15) is 5.10 Å². The summed E-state index contributed by atoms with van der Waals surface area (Å²) in [6.07, 6.45) is 3.17. The summed E-state index contributed by atoms with van der Waals surface area (Å²) < 4.78 is 0. The Kier molecular flexibility index (Phi) is 5.33. The van der Waals surface area contributed by atoms with E-state index in [2.05, 4.69) is 17.1 Å². The molecule has 1 N–H and O–H groups in total. The lowest BCUT2D eigenvalue weighted by Gasteiger charge is -2.03. The fourth-order valence-corrected chi connectivity index (χ4v) is 1.40. The highest BCUT2D eigenvalue weighted by Crippen LogP contribution is 2.28. The number of hydrogen-bond donors (Lipinski definition) is 1. The van der Waals surface area contributed by atoms with Crippen LogP contribution in [-0.4, -0.2) is 15.6 Å². The van der Waals surface area contributed by atoms with Gasteiger partial charge >= 0.3 is 5.69 Å². The van der Waals surface area contributed by atoms with Gasteiger partial charge in [-0.1, -0.05) is 6.08 Å². The number of nitro groups is 2. The summed E-state index contributed by atoms with van der Waals surface area (Å²) in [6, 6.07) is 3.35. The van der Waals surface area contributed by atoms with Crippen LogP contribution in [0.4, 0.5) is 17.1 Å². The lowest BCUT2D eigenvalue weighted by Crippen LogP contribution is -2.01. The van der Waals surface area contributed by atoms with Crippen molar-refractivity contribution < 1.29 is 9.85 Å². The van der Waals surface area contributed by atoms with Crippen molar-refractivity contribution in [3.05, 3.63) is 51.1 Å². The molecule has 0 aliphatic carbocycles. The van der Waals surface area contributed by atoms with E-state index in [0.29, 0.717) is 6.42 Å². The monoisotopic (exact) mass is 278 g/mol. The van der Waals surface area contributed by atoms with Crippen LogP contribution in [0.15, 0.2) is 36.0 Å². The standard InChI is InChI=1S/C12H14N4O4/c1-3-4-5-9(2)13-14-11-7-6-10(15(17)18)8-12(11)16(19)20/h3,6-8,14H,1,4-5H2,2H3/b13-9-. The molecule has 0 aliphatic heterocycles. The van der Waals surface area contributed by atoms with Crippen molar-refractivity contribution in [2.45, 2.75) is 19.8 Å². The topological polar surface area (TPSA) is 111 Å². The summed E-state index contributed by atoms with van der Waals surface area (Å²) in [4.78, 5) is 20.1. The number of non-ortho nitro benzene ring substituents is 1. The van der Waals surface area contributed by atoms with E-state index < -0.39 is 9.85 Å². The highest BCUT2D eigenvalue weighted by atomic mass is 16.6.